The first-order valence-corrected chi connectivity index (χ1v) is 21.1. The summed E-state index contributed by atoms with van der Waals surface area (Å²) in [7, 11) is 0. The number of aliphatic hydroxyl groups excluding tert-OH is 1. The Morgan fingerprint density at radius 2 is 1.65 bits per heavy atom. The van der Waals surface area contributed by atoms with Crippen LogP contribution in [0.3, 0.4) is 0 Å². The number of aliphatic hydroxyl groups is 1. The third-order valence-electron chi connectivity index (χ3n) is 12.3. The fourth-order valence-corrected chi connectivity index (χ4v) is 8.86. The molecule has 17 heteroatoms. The van der Waals surface area contributed by atoms with Crippen molar-refractivity contribution in [1.29, 1.82) is 0 Å². The Morgan fingerprint density at radius 3 is 2.39 bits per heavy atom. The lowest BCUT2D eigenvalue weighted by atomic mass is 9.86. The van der Waals surface area contributed by atoms with Crippen LogP contribution in [0, 0.1) is 5.92 Å². The number of aromatic nitrogens is 2. The van der Waals surface area contributed by atoms with E-state index < -0.39 is 41.4 Å². The van der Waals surface area contributed by atoms with Crippen molar-refractivity contribution in [3.05, 3.63) is 101 Å². The van der Waals surface area contributed by atoms with Gasteiger partial charge in [-0.25, -0.2) is 4.98 Å². The maximum atomic E-state index is 13.4. The molecule has 3 aromatic carbocycles. The number of imidazole rings is 1. The van der Waals surface area contributed by atoms with E-state index in [9.17, 15) is 37.5 Å². The highest BCUT2D eigenvalue weighted by atomic mass is 19.4. The van der Waals surface area contributed by atoms with Crippen LogP contribution in [0.4, 0.5) is 19.1 Å². The van der Waals surface area contributed by atoms with Crippen LogP contribution in [0.5, 0.6) is 5.75 Å². The Hall–Kier alpha value is -5.62. The summed E-state index contributed by atoms with van der Waals surface area (Å²) < 4.78 is 53.9. The van der Waals surface area contributed by atoms with Gasteiger partial charge in [-0.2, -0.15) is 13.2 Å². The maximum absolute atomic E-state index is 13.4. The Bertz CT molecular complexity index is 2350. The Morgan fingerprint density at radius 1 is 0.887 bits per heavy atom. The number of benzene rings is 3. The predicted octanol–water partition coefficient (Wildman–Crippen LogP) is 5.63. The molecule has 1 aliphatic carbocycles. The van der Waals surface area contributed by atoms with E-state index in [4.69, 9.17) is 14.5 Å². The van der Waals surface area contributed by atoms with Crippen LogP contribution in [-0.2, 0) is 22.3 Å². The molecule has 4 amide bonds. The Balaban J connectivity index is 0.806. The number of nitrogens with one attached hydrogen (secondary N) is 2. The minimum absolute atomic E-state index is 0.00678. The predicted molar refractivity (Wildman–Crippen MR) is 222 cm³/mol. The van der Waals surface area contributed by atoms with Gasteiger partial charge in [-0.1, -0.05) is 18.7 Å². The summed E-state index contributed by atoms with van der Waals surface area (Å²) in [6.45, 7) is 9.83. The number of carbonyl (C=O) groups excluding carboxylic acids is 4. The summed E-state index contributed by atoms with van der Waals surface area (Å²) in [5.74, 6) is -1.15. The SMILES string of the molecule is C=C1CCC(N2C(=O)c3ccc(OCCOCCN4CCN(Cc5ccc6c(c5)nc(NC(=O)c5cccc(C(F)(F)F)c5)n6C5CCC(CO)CC5)CC4)cc3C2=O)C(=O)N1. The summed E-state index contributed by atoms with van der Waals surface area (Å²) in [6, 6.07) is 14.3. The molecule has 3 aliphatic heterocycles. The number of amides is 4. The first kappa shape index (κ1) is 43.0. The van der Waals surface area contributed by atoms with E-state index in [0.717, 1.165) is 86.5 Å². The number of carbonyl (C=O) groups is 4. The molecule has 328 valence electrons. The molecule has 8 rings (SSSR count). The zero-order valence-corrected chi connectivity index (χ0v) is 34.3. The average molecular weight is 858 g/mol. The Labute approximate surface area is 356 Å². The number of imide groups is 1. The summed E-state index contributed by atoms with van der Waals surface area (Å²) in [5.41, 5.74) is 2.60. The van der Waals surface area contributed by atoms with Crippen molar-refractivity contribution in [2.75, 3.05) is 64.5 Å². The van der Waals surface area contributed by atoms with Crippen LogP contribution in [0.15, 0.2) is 72.9 Å². The molecule has 4 aromatic rings. The van der Waals surface area contributed by atoms with Gasteiger partial charge in [0.2, 0.25) is 11.9 Å². The van der Waals surface area contributed by atoms with Crippen molar-refractivity contribution < 1.29 is 46.9 Å². The molecule has 62 heavy (non-hydrogen) atoms. The first-order chi connectivity index (χ1) is 29.9. The van der Waals surface area contributed by atoms with E-state index >= 15 is 0 Å². The number of fused-ring (bicyclic) bond motifs is 2. The number of hydrogen-bond donors (Lipinski definition) is 3. The molecular weight excluding hydrogens is 808 g/mol. The fourth-order valence-electron chi connectivity index (χ4n) is 8.86. The molecular formula is C45H50F3N7O7. The second-order valence-corrected chi connectivity index (χ2v) is 16.4. The molecule has 1 saturated carbocycles. The van der Waals surface area contributed by atoms with Gasteiger partial charge in [-0.15, -0.1) is 0 Å². The van der Waals surface area contributed by atoms with E-state index in [1.165, 1.54) is 18.2 Å². The summed E-state index contributed by atoms with van der Waals surface area (Å²) in [6.07, 6.45) is -0.567. The van der Waals surface area contributed by atoms with Gasteiger partial charge in [0.05, 0.1) is 40.9 Å². The standard InChI is InChI=1S/C45H50F3N7O7/c1-28-5-13-39(41(58)49-28)55-42(59)35-12-11-34(25-36(35)43(55)60)62-22-21-61-20-19-52-15-17-53(18-16-52)26-30-8-14-38-37(23-30)50-44(54(38)33-9-6-29(27-56)7-10-33)51-40(57)31-3-2-4-32(24-31)45(46,47)48/h2-4,8,11-12,14,23-25,29,33,39,56H,1,5-7,9-10,13,15-22,26-27H2,(H,49,58)(H,50,51,57). The lowest BCUT2D eigenvalue weighted by Crippen LogP contribution is -2.51. The highest BCUT2D eigenvalue weighted by Crippen LogP contribution is 2.38. The minimum Gasteiger partial charge on any atom is -0.491 e. The number of ether oxygens (including phenoxy) is 2. The van der Waals surface area contributed by atoms with Gasteiger partial charge in [0.15, 0.2) is 0 Å². The molecule has 1 aromatic heterocycles. The maximum Gasteiger partial charge on any atom is 0.416 e. The number of allylic oxidation sites excluding steroid dienone is 1. The number of piperazine rings is 1. The third kappa shape index (κ3) is 9.40. The summed E-state index contributed by atoms with van der Waals surface area (Å²) >= 11 is 0. The number of alkyl halides is 3. The van der Waals surface area contributed by atoms with Crippen molar-refractivity contribution >= 4 is 40.6 Å². The number of nitrogens with zero attached hydrogens (tertiary/aromatic N) is 5. The molecule has 0 radical (unpaired) electrons. The average Bonchev–Trinajstić information content (AvgIpc) is 3.74. The highest BCUT2D eigenvalue weighted by Gasteiger charge is 2.44. The smallest absolute Gasteiger partial charge is 0.416 e. The summed E-state index contributed by atoms with van der Waals surface area (Å²) in [5, 5.41) is 15.2. The van der Waals surface area contributed by atoms with E-state index in [0.29, 0.717) is 55.5 Å². The van der Waals surface area contributed by atoms with Crippen molar-refractivity contribution in [2.24, 2.45) is 5.92 Å². The fraction of sp³-hybridized carbons (Fsp3) is 0.444. The molecule has 2 saturated heterocycles. The topological polar surface area (TPSA) is 159 Å². The molecule has 3 fully saturated rings. The number of hydrogen-bond acceptors (Lipinski definition) is 10. The van der Waals surface area contributed by atoms with Gasteiger partial charge < -0.3 is 24.5 Å². The zero-order valence-electron chi connectivity index (χ0n) is 34.3. The number of piperidine rings is 1. The highest BCUT2D eigenvalue weighted by molar-refractivity contribution is 6.23. The van der Waals surface area contributed by atoms with Crippen LogP contribution in [0.1, 0.15) is 86.8 Å². The molecule has 14 nitrogen and oxygen atoms in total. The summed E-state index contributed by atoms with van der Waals surface area (Å²) in [4.78, 5) is 62.5. The lowest BCUT2D eigenvalue weighted by molar-refractivity contribution is -0.137. The largest absolute Gasteiger partial charge is 0.491 e. The van der Waals surface area contributed by atoms with Crippen LogP contribution in [-0.4, -0.2) is 118 Å². The van der Waals surface area contributed by atoms with Gasteiger partial charge in [0.1, 0.15) is 18.4 Å². The molecule has 1 atom stereocenters. The van der Waals surface area contributed by atoms with E-state index in [1.807, 2.05) is 16.7 Å². The van der Waals surface area contributed by atoms with Crippen LogP contribution >= 0.6 is 0 Å². The van der Waals surface area contributed by atoms with Gasteiger partial charge in [-0.3, -0.25) is 39.2 Å². The van der Waals surface area contributed by atoms with Crippen LogP contribution < -0.4 is 15.4 Å². The van der Waals surface area contributed by atoms with Crippen LogP contribution in [0.25, 0.3) is 11.0 Å². The molecule has 4 aliphatic rings. The van der Waals surface area contributed by atoms with Crippen LogP contribution in [0.2, 0.25) is 0 Å². The second-order valence-electron chi connectivity index (χ2n) is 16.4. The number of halogens is 3. The molecule has 3 N–H and O–H groups in total. The quantitative estimate of drug-likeness (QED) is 0.107. The van der Waals surface area contributed by atoms with Crippen molar-refractivity contribution in [2.45, 2.75) is 63.3 Å². The van der Waals surface area contributed by atoms with Crippen molar-refractivity contribution in [1.82, 2.24) is 29.6 Å². The van der Waals surface area contributed by atoms with Gasteiger partial charge in [0, 0.05) is 63.2 Å². The monoisotopic (exact) mass is 857 g/mol. The zero-order chi connectivity index (χ0) is 43.5. The number of anilines is 1. The van der Waals surface area contributed by atoms with E-state index in [2.05, 4.69) is 33.1 Å². The number of rotatable bonds is 14. The normalized spacial score (nSPS) is 21.4. The van der Waals surface area contributed by atoms with Gasteiger partial charge in [-0.05, 0) is 98.5 Å². The van der Waals surface area contributed by atoms with E-state index in [1.54, 1.807) is 12.1 Å². The molecule has 0 spiro atoms. The van der Waals surface area contributed by atoms with E-state index in [-0.39, 0.29) is 41.9 Å². The van der Waals surface area contributed by atoms with Crippen molar-refractivity contribution in [3.63, 3.8) is 0 Å². The Kier molecular flexibility index (Phi) is 12.8. The molecule has 0 bridgehead atoms. The first-order valence-electron chi connectivity index (χ1n) is 21.1. The minimum atomic E-state index is -4.58. The van der Waals surface area contributed by atoms with Gasteiger partial charge >= 0.3 is 6.18 Å². The van der Waals surface area contributed by atoms with Gasteiger partial charge in [0.25, 0.3) is 17.7 Å². The molecule has 1 unspecified atom stereocenters. The lowest BCUT2D eigenvalue weighted by Gasteiger charge is -2.34. The third-order valence-corrected chi connectivity index (χ3v) is 12.3. The van der Waals surface area contributed by atoms with Crippen molar-refractivity contribution in [3.8, 4) is 5.75 Å². The molecule has 4 heterocycles. The second kappa shape index (κ2) is 18.4.